The highest BCUT2D eigenvalue weighted by atomic mass is 32.1. The Morgan fingerprint density at radius 3 is 2.39 bits per heavy atom. The lowest BCUT2D eigenvalue weighted by atomic mass is 10.0. The minimum absolute atomic E-state index is 0.00703. The first-order valence-corrected chi connectivity index (χ1v) is 8.92. The average molecular weight is 329 g/mol. The predicted octanol–water partition coefficient (Wildman–Crippen LogP) is 1.76. The van der Waals surface area contributed by atoms with Crippen molar-refractivity contribution in [3.8, 4) is 0 Å². The molecule has 0 saturated carbocycles. The molecule has 2 aromatic rings. The van der Waals surface area contributed by atoms with Gasteiger partial charge in [-0.1, -0.05) is 36.4 Å². The highest BCUT2D eigenvalue weighted by Gasteiger charge is 2.33. The molecule has 2 heterocycles. The number of quaternary nitrogens is 1. The van der Waals surface area contributed by atoms with Crippen LogP contribution < -0.4 is 10.2 Å². The number of rotatable bonds is 5. The molecule has 0 unspecified atom stereocenters. The summed E-state index contributed by atoms with van der Waals surface area (Å²) in [5, 5.41) is 4.84. The van der Waals surface area contributed by atoms with E-state index in [2.05, 4.69) is 5.32 Å². The minimum Gasteiger partial charge on any atom is -0.309 e. The van der Waals surface area contributed by atoms with Crippen molar-refractivity contribution < 1.29 is 14.5 Å². The minimum atomic E-state index is -0.507. The summed E-state index contributed by atoms with van der Waals surface area (Å²) >= 11 is 1.39. The quantitative estimate of drug-likeness (QED) is 0.821. The molecule has 1 aromatic carbocycles. The fraction of sp³-hybridized carbons (Fsp3) is 0.333. The van der Waals surface area contributed by atoms with Gasteiger partial charge in [-0.25, -0.2) is 0 Å². The van der Waals surface area contributed by atoms with Crippen LogP contribution in [0.2, 0.25) is 0 Å². The first-order chi connectivity index (χ1) is 11.3. The standard InChI is InChI=1S/C18H20N2O2S/c21-16(14-8-3-1-4-9-14)17(20-11-5-2-6-12-20)19-18(22)15-10-7-13-23-15/h1,3-4,7-10,13,17H,2,5-6,11-12H2,(H,19,22)/p+1/t17-/m0/s1. The molecule has 2 N–H and O–H groups in total. The van der Waals surface area contributed by atoms with Crippen LogP contribution in [0.15, 0.2) is 47.8 Å². The SMILES string of the molecule is O=C(N[C@H](C(=O)c1ccccc1)[NH+]1CCCCC1)c1cccs1. The second-order valence-corrected chi connectivity index (χ2v) is 6.78. The number of likely N-dealkylation sites (tertiary alicyclic amines) is 1. The lowest BCUT2D eigenvalue weighted by Crippen LogP contribution is -3.19. The van der Waals surface area contributed by atoms with Gasteiger partial charge in [0.25, 0.3) is 5.91 Å². The van der Waals surface area contributed by atoms with E-state index in [1.54, 1.807) is 6.07 Å². The van der Waals surface area contributed by atoms with Crippen molar-refractivity contribution in [1.82, 2.24) is 5.32 Å². The van der Waals surface area contributed by atoms with E-state index in [-0.39, 0.29) is 11.7 Å². The summed E-state index contributed by atoms with van der Waals surface area (Å²) in [6.45, 7) is 1.85. The van der Waals surface area contributed by atoms with Gasteiger partial charge >= 0.3 is 0 Å². The maximum atomic E-state index is 12.9. The highest BCUT2D eigenvalue weighted by molar-refractivity contribution is 7.12. The Hall–Kier alpha value is -1.98. The van der Waals surface area contributed by atoms with Crippen molar-refractivity contribution in [3.63, 3.8) is 0 Å². The van der Waals surface area contributed by atoms with Gasteiger partial charge < -0.3 is 4.90 Å². The van der Waals surface area contributed by atoms with Crippen LogP contribution in [0, 0.1) is 0 Å². The van der Waals surface area contributed by atoms with Crippen molar-refractivity contribution in [2.24, 2.45) is 0 Å². The van der Waals surface area contributed by atoms with E-state index >= 15 is 0 Å². The molecule has 120 valence electrons. The van der Waals surface area contributed by atoms with Crippen molar-refractivity contribution in [1.29, 1.82) is 0 Å². The number of carbonyl (C=O) groups excluding carboxylic acids is 2. The third-order valence-corrected chi connectivity index (χ3v) is 5.11. The van der Waals surface area contributed by atoms with Gasteiger partial charge in [0, 0.05) is 5.56 Å². The number of hydrogen-bond acceptors (Lipinski definition) is 3. The van der Waals surface area contributed by atoms with Gasteiger partial charge in [0.2, 0.25) is 11.9 Å². The second-order valence-electron chi connectivity index (χ2n) is 5.83. The van der Waals surface area contributed by atoms with Gasteiger partial charge in [-0.3, -0.25) is 14.9 Å². The van der Waals surface area contributed by atoms with Crippen LogP contribution >= 0.6 is 11.3 Å². The number of nitrogens with one attached hydrogen (secondary N) is 2. The lowest BCUT2D eigenvalue weighted by Gasteiger charge is -2.30. The molecule has 1 aliphatic rings. The zero-order valence-electron chi connectivity index (χ0n) is 13.0. The van der Waals surface area contributed by atoms with Gasteiger partial charge in [-0.05, 0) is 30.7 Å². The van der Waals surface area contributed by atoms with Gasteiger partial charge in [-0.15, -0.1) is 11.3 Å². The summed E-state index contributed by atoms with van der Waals surface area (Å²) in [4.78, 5) is 27.2. The van der Waals surface area contributed by atoms with E-state index < -0.39 is 6.17 Å². The summed E-state index contributed by atoms with van der Waals surface area (Å²) in [5.41, 5.74) is 0.655. The monoisotopic (exact) mass is 329 g/mol. The topological polar surface area (TPSA) is 50.6 Å². The Morgan fingerprint density at radius 2 is 1.74 bits per heavy atom. The summed E-state index contributed by atoms with van der Waals surface area (Å²) in [5.74, 6) is -0.167. The van der Waals surface area contributed by atoms with E-state index in [0.717, 1.165) is 30.8 Å². The van der Waals surface area contributed by atoms with E-state index in [4.69, 9.17) is 0 Å². The Balaban J connectivity index is 1.81. The van der Waals surface area contributed by atoms with E-state index in [1.807, 2.05) is 41.8 Å². The summed E-state index contributed by atoms with van der Waals surface area (Å²) in [7, 11) is 0. The van der Waals surface area contributed by atoms with Crippen LogP contribution in [0.4, 0.5) is 0 Å². The molecule has 0 aliphatic carbocycles. The summed E-state index contributed by atoms with van der Waals surface area (Å²) in [6, 6.07) is 12.9. The van der Waals surface area contributed by atoms with Gasteiger partial charge in [0.1, 0.15) is 0 Å². The predicted molar refractivity (Wildman–Crippen MR) is 90.9 cm³/mol. The number of Topliss-reactive ketones (excluding diaryl/α,β-unsaturated/α-hetero) is 1. The lowest BCUT2D eigenvalue weighted by molar-refractivity contribution is -0.922. The maximum Gasteiger partial charge on any atom is 0.266 e. The van der Waals surface area contributed by atoms with Crippen molar-refractivity contribution >= 4 is 23.0 Å². The second kappa shape index (κ2) is 7.53. The number of piperidine rings is 1. The molecule has 0 bridgehead atoms. The molecule has 23 heavy (non-hydrogen) atoms. The Kier molecular flexibility index (Phi) is 5.20. The first-order valence-electron chi connectivity index (χ1n) is 8.04. The van der Waals surface area contributed by atoms with Crippen molar-refractivity contribution in [3.05, 3.63) is 58.3 Å². The van der Waals surface area contributed by atoms with Gasteiger partial charge in [-0.2, -0.15) is 0 Å². The number of thiophene rings is 1. The van der Waals surface area contributed by atoms with Crippen LogP contribution in [0.3, 0.4) is 0 Å². The molecule has 0 spiro atoms. The van der Waals surface area contributed by atoms with Gasteiger partial charge in [0.05, 0.1) is 18.0 Å². The normalized spacial score (nSPS) is 16.7. The Labute approximate surface area is 140 Å². The largest absolute Gasteiger partial charge is 0.309 e. The maximum absolute atomic E-state index is 12.9. The third-order valence-electron chi connectivity index (χ3n) is 4.24. The first kappa shape index (κ1) is 15.9. The summed E-state index contributed by atoms with van der Waals surface area (Å²) < 4.78 is 0. The molecule has 1 aliphatic heterocycles. The molecular weight excluding hydrogens is 308 g/mol. The molecule has 1 fully saturated rings. The van der Waals surface area contributed by atoms with Crippen LogP contribution in [0.25, 0.3) is 0 Å². The Bertz CT molecular complexity index is 649. The number of carbonyl (C=O) groups is 2. The number of amides is 1. The number of benzene rings is 1. The molecule has 4 nitrogen and oxygen atoms in total. The smallest absolute Gasteiger partial charge is 0.266 e. The molecule has 1 amide bonds. The zero-order chi connectivity index (χ0) is 16.1. The van der Waals surface area contributed by atoms with E-state index in [9.17, 15) is 9.59 Å². The average Bonchev–Trinajstić information content (AvgIpc) is 3.15. The highest BCUT2D eigenvalue weighted by Crippen LogP contribution is 2.09. The molecule has 1 aromatic heterocycles. The van der Waals surface area contributed by atoms with Crippen LogP contribution in [-0.4, -0.2) is 30.9 Å². The van der Waals surface area contributed by atoms with Gasteiger partial charge in [0.15, 0.2) is 0 Å². The molecule has 5 heteroatoms. The summed E-state index contributed by atoms with van der Waals surface area (Å²) in [6.07, 6.45) is 2.90. The molecule has 1 atom stereocenters. The van der Waals surface area contributed by atoms with Crippen LogP contribution in [-0.2, 0) is 0 Å². The van der Waals surface area contributed by atoms with Crippen molar-refractivity contribution in [2.75, 3.05) is 13.1 Å². The van der Waals surface area contributed by atoms with E-state index in [0.29, 0.717) is 10.4 Å². The fourth-order valence-electron chi connectivity index (χ4n) is 3.03. The van der Waals surface area contributed by atoms with E-state index in [1.165, 1.54) is 17.8 Å². The molecule has 3 rings (SSSR count). The van der Waals surface area contributed by atoms with Crippen LogP contribution in [0.5, 0.6) is 0 Å². The van der Waals surface area contributed by atoms with Crippen LogP contribution in [0.1, 0.15) is 39.3 Å². The number of ketones is 1. The third kappa shape index (κ3) is 3.86. The molecular formula is C18H21N2O2S+. The van der Waals surface area contributed by atoms with Crippen molar-refractivity contribution in [2.45, 2.75) is 25.4 Å². The molecule has 0 radical (unpaired) electrons. The fourth-order valence-corrected chi connectivity index (χ4v) is 3.65. The molecule has 1 saturated heterocycles. The number of hydrogen-bond donors (Lipinski definition) is 2. The zero-order valence-corrected chi connectivity index (χ0v) is 13.8. The Morgan fingerprint density at radius 1 is 1.00 bits per heavy atom.